The summed E-state index contributed by atoms with van der Waals surface area (Å²) in [4.78, 5) is 11.9. The number of halogens is 2. The zero-order chi connectivity index (χ0) is 13.7. The number of ether oxygens (including phenoxy) is 2. The Labute approximate surface area is 109 Å². The van der Waals surface area contributed by atoms with Crippen LogP contribution in [-0.4, -0.2) is 25.7 Å². The molecular formula is C13H15F2NO3. The van der Waals surface area contributed by atoms with Gasteiger partial charge in [-0.1, -0.05) is 0 Å². The zero-order valence-corrected chi connectivity index (χ0v) is 10.3. The lowest BCUT2D eigenvalue weighted by atomic mass is 9.99. The monoisotopic (exact) mass is 271 g/mol. The molecule has 0 bridgehead atoms. The van der Waals surface area contributed by atoms with E-state index in [1.807, 2.05) is 0 Å². The van der Waals surface area contributed by atoms with Crippen molar-refractivity contribution in [2.75, 3.05) is 18.5 Å². The molecule has 0 aromatic heterocycles. The first-order valence-corrected chi connectivity index (χ1v) is 6.08. The molecule has 6 heteroatoms. The van der Waals surface area contributed by atoms with Gasteiger partial charge in [0.15, 0.2) is 0 Å². The smallest absolute Gasteiger partial charge is 0.387 e. The molecule has 0 aliphatic carbocycles. The van der Waals surface area contributed by atoms with Crippen LogP contribution in [-0.2, 0) is 9.53 Å². The van der Waals surface area contributed by atoms with E-state index in [2.05, 4.69) is 10.1 Å². The molecule has 1 aliphatic heterocycles. The second-order valence-electron chi connectivity index (χ2n) is 4.28. The third-order valence-corrected chi connectivity index (χ3v) is 2.94. The summed E-state index contributed by atoms with van der Waals surface area (Å²) in [6, 6.07) is 5.86. The van der Waals surface area contributed by atoms with Crippen LogP contribution < -0.4 is 10.1 Å². The lowest BCUT2D eigenvalue weighted by Gasteiger charge is -2.21. The second kappa shape index (κ2) is 6.47. The fourth-order valence-electron chi connectivity index (χ4n) is 1.92. The van der Waals surface area contributed by atoms with Crippen molar-refractivity contribution in [3.05, 3.63) is 24.3 Å². The minimum atomic E-state index is -2.84. The molecule has 104 valence electrons. The van der Waals surface area contributed by atoms with Crippen molar-refractivity contribution < 1.29 is 23.0 Å². The van der Waals surface area contributed by atoms with Crippen LogP contribution in [0.25, 0.3) is 0 Å². The van der Waals surface area contributed by atoms with Crippen LogP contribution in [0, 0.1) is 5.92 Å². The fourth-order valence-corrected chi connectivity index (χ4v) is 1.92. The Kier molecular flexibility index (Phi) is 4.68. The van der Waals surface area contributed by atoms with Gasteiger partial charge in [-0.2, -0.15) is 8.78 Å². The van der Waals surface area contributed by atoms with Crippen LogP contribution in [0.1, 0.15) is 12.8 Å². The third-order valence-electron chi connectivity index (χ3n) is 2.94. The van der Waals surface area contributed by atoms with E-state index in [1.165, 1.54) is 24.3 Å². The molecule has 1 aliphatic rings. The van der Waals surface area contributed by atoms with E-state index in [9.17, 15) is 13.6 Å². The standard InChI is InChI=1S/C13H15F2NO3/c14-13(15)19-11-3-1-10(2-4-11)16-12(17)9-5-7-18-8-6-9/h1-4,9,13H,5-8H2,(H,16,17). The van der Waals surface area contributed by atoms with Crippen LogP contribution in [0.15, 0.2) is 24.3 Å². The molecule has 1 amide bonds. The van der Waals surface area contributed by atoms with Gasteiger partial charge in [-0.05, 0) is 37.1 Å². The van der Waals surface area contributed by atoms with Crippen molar-refractivity contribution in [3.8, 4) is 5.75 Å². The highest BCUT2D eigenvalue weighted by Crippen LogP contribution is 2.20. The number of carbonyl (C=O) groups excluding carboxylic acids is 1. The zero-order valence-electron chi connectivity index (χ0n) is 10.3. The molecule has 0 spiro atoms. The van der Waals surface area contributed by atoms with Gasteiger partial charge in [0.2, 0.25) is 5.91 Å². The highest BCUT2D eigenvalue weighted by molar-refractivity contribution is 5.92. The minimum absolute atomic E-state index is 0.0502. The van der Waals surface area contributed by atoms with Crippen molar-refractivity contribution >= 4 is 11.6 Å². The first kappa shape index (κ1) is 13.7. The summed E-state index contributed by atoms with van der Waals surface area (Å²) in [5, 5.41) is 2.75. The van der Waals surface area contributed by atoms with Crippen LogP contribution in [0.5, 0.6) is 5.75 Å². The molecule has 19 heavy (non-hydrogen) atoms. The lowest BCUT2D eigenvalue weighted by molar-refractivity contribution is -0.122. The number of rotatable bonds is 4. The van der Waals surface area contributed by atoms with E-state index < -0.39 is 6.61 Å². The van der Waals surface area contributed by atoms with Gasteiger partial charge in [-0.3, -0.25) is 4.79 Å². The third kappa shape index (κ3) is 4.17. The average molecular weight is 271 g/mol. The van der Waals surface area contributed by atoms with Gasteiger partial charge < -0.3 is 14.8 Å². The maximum atomic E-state index is 12.0. The first-order chi connectivity index (χ1) is 9.15. The van der Waals surface area contributed by atoms with Crippen molar-refractivity contribution in [1.29, 1.82) is 0 Å². The normalized spacial score (nSPS) is 16.4. The van der Waals surface area contributed by atoms with Crippen molar-refractivity contribution in [2.24, 2.45) is 5.92 Å². The van der Waals surface area contributed by atoms with Gasteiger partial charge in [0.25, 0.3) is 0 Å². The molecule has 1 saturated heterocycles. The molecule has 1 fully saturated rings. The van der Waals surface area contributed by atoms with E-state index in [-0.39, 0.29) is 17.6 Å². The molecule has 0 atom stereocenters. The maximum absolute atomic E-state index is 12.0. The number of hydrogen-bond donors (Lipinski definition) is 1. The summed E-state index contributed by atoms with van der Waals surface area (Å²) in [5.74, 6) is -0.0457. The number of alkyl halides is 2. The topological polar surface area (TPSA) is 47.6 Å². The maximum Gasteiger partial charge on any atom is 0.387 e. The van der Waals surface area contributed by atoms with E-state index >= 15 is 0 Å². The second-order valence-corrected chi connectivity index (χ2v) is 4.28. The van der Waals surface area contributed by atoms with E-state index in [0.717, 1.165) is 0 Å². The molecule has 0 saturated carbocycles. The Balaban J connectivity index is 1.89. The Hall–Kier alpha value is -1.69. The van der Waals surface area contributed by atoms with Crippen molar-refractivity contribution in [3.63, 3.8) is 0 Å². The molecule has 1 aromatic carbocycles. The summed E-state index contributed by atoms with van der Waals surface area (Å²) in [6.07, 6.45) is 1.41. The average Bonchev–Trinajstić information content (AvgIpc) is 2.41. The van der Waals surface area contributed by atoms with Gasteiger partial charge in [-0.25, -0.2) is 0 Å². The summed E-state index contributed by atoms with van der Waals surface area (Å²) in [6.45, 7) is -1.65. The van der Waals surface area contributed by atoms with E-state index in [4.69, 9.17) is 4.74 Å². The molecule has 2 rings (SSSR count). The molecule has 1 aromatic rings. The Morgan fingerprint density at radius 1 is 1.26 bits per heavy atom. The lowest BCUT2D eigenvalue weighted by Crippen LogP contribution is -2.28. The molecule has 1 N–H and O–H groups in total. The minimum Gasteiger partial charge on any atom is -0.435 e. The van der Waals surface area contributed by atoms with Gasteiger partial charge >= 0.3 is 6.61 Å². The Morgan fingerprint density at radius 3 is 2.47 bits per heavy atom. The van der Waals surface area contributed by atoms with Crippen molar-refractivity contribution in [2.45, 2.75) is 19.5 Å². The number of benzene rings is 1. The van der Waals surface area contributed by atoms with Crippen LogP contribution in [0.3, 0.4) is 0 Å². The fraction of sp³-hybridized carbons (Fsp3) is 0.462. The van der Waals surface area contributed by atoms with Crippen LogP contribution >= 0.6 is 0 Å². The Bertz CT molecular complexity index is 416. The SMILES string of the molecule is O=C(Nc1ccc(OC(F)F)cc1)C1CCOCC1. The van der Waals surface area contributed by atoms with E-state index in [1.54, 1.807) is 0 Å². The van der Waals surface area contributed by atoms with Gasteiger partial charge in [0.05, 0.1) is 0 Å². The molecule has 1 heterocycles. The number of hydrogen-bond acceptors (Lipinski definition) is 3. The molecule has 4 nitrogen and oxygen atoms in total. The number of anilines is 1. The summed E-state index contributed by atoms with van der Waals surface area (Å²) < 4.78 is 33.4. The Morgan fingerprint density at radius 2 is 1.89 bits per heavy atom. The molecule has 0 unspecified atom stereocenters. The van der Waals surface area contributed by atoms with Gasteiger partial charge in [-0.15, -0.1) is 0 Å². The highest BCUT2D eigenvalue weighted by Gasteiger charge is 2.21. The van der Waals surface area contributed by atoms with Crippen LogP contribution in [0.2, 0.25) is 0 Å². The highest BCUT2D eigenvalue weighted by atomic mass is 19.3. The van der Waals surface area contributed by atoms with Crippen LogP contribution in [0.4, 0.5) is 14.5 Å². The van der Waals surface area contributed by atoms with Gasteiger partial charge in [0.1, 0.15) is 5.75 Å². The molecule has 0 radical (unpaired) electrons. The molecular weight excluding hydrogens is 256 g/mol. The van der Waals surface area contributed by atoms with E-state index in [0.29, 0.717) is 31.7 Å². The summed E-state index contributed by atoms with van der Waals surface area (Å²) in [5.41, 5.74) is 0.568. The van der Waals surface area contributed by atoms with Gasteiger partial charge in [0, 0.05) is 24.8 Å². The summed E-state index contributed by atoms with van der Waals surface area (Å²) >= 11 is 0. The quantitative estimate of drug-likeness (QED) is 0.915. The largest absolute Gasteiger partial charge is 0.435 e. The number of nitrogens with one attached hydrogen (secondary N) is 1. The number of carbonyl (C=O) groups is 1. The predicted octanol–water partition coefficient (Wildman–Crippen LogP) is 2.65. The first-order valence-electron chi connectivity index (χ1n) is 6.08. The number of amides is 1. The summed E-state index contributed by atoms with van der Waals surface area (Å²) in [7, 11) is 0. The van der Waals surface area contributed by atoms with Crippen molar-refractivity contribution in [1.82, 2.24) is 0 Å². The predicted molar refractivity (Wildman–Crippen MR) is 65.2 cm³/mol.